The minimum Gasteiger partial charge on any atom is -0.316 e. The van der Waals surface area contributed by atoms with Crippen LogP contribution in [0.2, 0.25) is 0 Å². The van der Waals surface area contributed by atoms with Crippen LogP contribution in [-0.2, 0) is 5.41 Å². The Morgan fingerprint density at radius 1 is 1.56 bits per heavy atom. The molecule has 0 spiro atoms. The van der Waals surface area contributed by atoms with Gasteiger partial charge in [-0.3, -0.25) is 4.98 Å². The van der Waals surface area contributed by atoms with Gasteiger partial charge in [-0.2, -0.15) is 0 Å². The fourth-order valence-electron chi connectivity index (χ4n) is 2.48. The third kappa shape index (κ3) is 2.27. The maximum atomic E-state index is 4.24. The van der Waals surface area contributed by atoms with E-state index in [2.05, 4.69) is 37.1 Å². The highest BCUT2D eigenvalue weighted by Gasteiger charge is 2.51. The van der Waals surface area contributed by atoms with Gasteiger partial charge in [-0.25, -0.2) is 0 Å². The van der Waals surface area contributed by atoms with Gasteiger partial charge in [0.05, 0.1) is 0 Å². The van der Waals surface area contributed by atoms with Crippen molar-refractivity contribution < 1.29 is 0 Å². The Morgan fingerprint density at radius 3 is 2.81 bits per heavy atom. The molecule has 1 N–H and O–H groups in total. The van der Waals surface area contributed by atoms with Crippen molar-refractivity contribution in [3.63, 3.8) is 0 Å². The first-order valence-corrected chi connectivity index (χ1v) is 6.26. The number of pyridine rings is 1. The minimum absolute atomic E-state index is 0.364. The van der Waals surface area contributed by atoms with Crippen LogP contribution in [-0.4, -0.2) is 18.1 Å². The number of nitrogens with zero attached hydrogens (tertiary/aromatic N) is 1. The molecule has 2 rings (SSSR count). The van der Waals surface area contributed by atoms with Crippen LogP contribution in [0.15, 0.2) is 24.5 Å². The van der Waals surface area contributed by atoms with Gasteiger partial charge in [0, 0.05) is 24.4 Å². The van der Waals surface area contributed by atoms with Crippen molar-refractivity contribution in [3.05, 3.63) is 30.1 Å². The van der Waals surface area contributed by atoms with Crippen LogP contribution in [0.25, 0.3) is 0 Å². The summed E-state index contributed by atoms with van der Waals surface area (Å²) in [6, 6.07) is 4.26. The molecule has 2 unspecified atom stereocenters. The molecule has 1 heterocycles. The standard InChI is InChI=1S/C14H22N2/c1-11(2)8-16-10-14(7-12(14)3)13-5-4-6-15-9-13/h4-6,9,11-12,16H,7-8,10H2,1-3H3. The Kier molecular flexibility index (Phi) is 3.29. The Balaban J connectivity index is 1.99. The lowest BCUT2D eigenvalue weighted by molar-refractivity contribution is 0.492. The van der Waals surface area contributed by atoms with E-state index in [1.54, 1.807) is 0 Å². The zero-order valence-electron chi connectivity index (χ0n) is 10.5. The Morgan fingerprint density at radius 2 is 2.31 bits per heavy atom. The van der Waals surface area contributed by atoms with Crippen molar-refractivity contribution in [1.29, 1.82) is 0 Å². The van der Waals surface area contributed by atoms with Crippen LogP contribution >= 0.6 is 0 Å². The quantitative estimate of drug-likeness (QED) is 0.821. The van der Waals surface area contributed by atoms with E-state index in [0.29, 0.717) is 5.41 Å². The van der Waals surface area contributed by atoms with Crippen molar-refractivity contribution in [2.75, 3.05) is 13.1 Å². The SMILES string of the molecule is CC(C)CNCC1(c2cccnc2)CC1C. The highest BCUT2D eigenvalue weighted by Crippen LogP contribution is 2.53. The predicted octanol–water partition coefficient (Wildman–Crippen LogP) is 2.60. The van der Waals surface area contributed by atoms with E-state index in [1.165, 1.54) is 12.0 Å². The molecule has 1 aromatic heterocycles. The van der Waals surface area contributed by atoms with Gasteiger partial charge >= 0.3 is 0 Å². The second-order valence-corrected chi connectivity index (χ2v) is 5.53. The fourth-order valence-corrected chi connectivity index (χ4v) is 2.48. The molecule has 0 bridgehead atoms. The van der Waals surface area contributed by atoms with Gasteiger partial charge < -0.3 is 5.32 Å². The Bertz CT molecular complexity index is 334. The number of rotatable bonds is 5. The summed E-state index contributed by atoms with van der Waals surface area (Å²) in [4.78, 5) is 4.24. The molecule has 2 atom stereocenters. The lowest BCUT2D eigenvalue weighted by atomic mass is 9.95. The molecular formula is C14H22N2. The highest BCUT2D eigenvalue weighted by atomic mass is 14.9. The summed E-state index contributed by atoms with van der Waals surface area (Å²) in [5.74, 6) is 1.51. The third-order valence-electron chi connectivity index (χ3n) is 3.68. The van der Waals surface area contributed by atoms with Gasteiger partial charge in [-0.1, -0.05) is 26.8 Å². The first-order valence-electron chi connectivity index (χ1n) is 6.26. The number of nitrogens with one attached hydrogen (secondary N) is 1. The summed E-state index contributed by atoms with van der Waals surface area (Å²) in [5.41, 5.74) is 1.77. The normalized spacial score (nSPS) is 28.4. The van der Waals surface area contributed by atoms with Crippen LogP contribution in [0.4, 0.5) is 0 Å². The van der Waals surface area contributed by atoms with Crippen LogP contribution in [0, 0.1) is 11.8 Å². The summed E-state index contributed by atoms with van der Waals surface area (Å²) >= 11 is 0. The predicted molar refractivity (Wildman–Crippen MR) is 67.4 cm³/mol. The van der Waals surface area contributed by atoms with Gasteiger partial charge in [0.15, 0.2) is 0 Å². The topological polar surface area (TPSA) is 24.9 Å². The van der Waals surface area contributed by atoms with E-state index < -0.39 is 0 Å². The molecule has 0 aliphatic heterocycles. The van der Waals surface area contributed by atoms with Gasteiger partial charge in [0.2, 0.25) is 0 Å². The minimum atomic E-state index is 0.364. The van der Waals surface area contributed by atoms with Crippen LogP contribution in [0.5, 0.6) is 0 Å². The first kappa shape index (κ1) is 11.6. The number of hydrogen-bond donors (Lipinski definition) is 1. The average Bonchev–Trinajstić information content (AvgIpc) is 2.91. The van der Waals surface area contributed by atoms with E-state index >= 15 is 0 Å². The van der Waals surface area contributed by atoms with Crippen LogP contribution in [0.1, 0.15) is 32.8 Å². The summed E-state index contributed by atoms with van der Waals surface area (Å²) in [6.07, 6.45) is 5.18. The van der Waals surface area contributed by atoms with E-state index in [1.807, 2.05) is 18.5 Å². The highest BCUT2D eigenvalue weighted by molar-refractivity contribution is 5.31. The molecule has 88 valence electrons. The lowest BCUT2D eigenvalue weighted by Crippen LogP contribution is -2.31. The third-order valence-corrected chi connectivity index (χ3v) is 3.68. The molecule has 0 saturated heterocycles. The van der Waals surface area contributed by atoms with E-state index in [-0.39, 0.29) is 0 Å². The van der Waals surface area contributed by atoms with E-state index in [4.69, 9.17) is 0 Å². The monoisotopic (exact) mass is 218 g/mol. The maximum absolute atomic E-state index is 4.24. The molecule has 16 heavy (non-hydrogen) atoms. The summed E-state index contributed by atoms with van der Waals surface area (Å²) in [7, 11) is 0. The molecule has 0 radical (unpaired) electrons. The second kappa shape index (κ2) is 4.54. The Hall–Kier alpha value is -0.890. The molecule has 1 aliphatic carbocycles. The molecule has 2 nitrogen and oxygen atoms in total. The zero-order valence-corrected chi connectivity index (χ0v) is 10.5. The van der Waals surface area contributed by atoms with Crippen molar-refractivity contribution in [2.24, 2.45) is 11.8 Å². The summed E-state index contributed by atoms with van der Waals surface area (Å²) < 4.78 is 0. The molecule has 1 saturated carbocycles. The average molecular weight is 218 g/mol. The lowest BCUT2D eigenvalue weighted by Gasteiger charge is -2.18. The number of hydrogen-bond acceptors (Lipinski definition) is 2. The van der Waals surface area contributed by atoms with E-state index in [9.17, 15) is 0 Å². The van der Waals surface area contributed by atoms with Crippen molar-refractivity contribution >= 4 is 0 Å². The van der Waals surface area contributed by atoms with Crippen LogP contribution < -0.4 is 5.32 Å². The molecular weight excluding hydrogens is 196 g/mol. The van der Waals surface area contributed by atoms with Crippen LogP contribution in [0.3, 0.4) is 0 Å². The zero-order chi connectivity index (χ0) is 11.6. The first-order chi connectivity index (χ1) is 7.65. The smallest absolute Gasteiger partial charge is 0.0306 e. The van der Waals surface area contributed by atoms with E-state index in [0.717, 1.165) is 24.9 Å². The largest absolute Gasteiger partial charge is 0.316 e. The van der Waals surface area contributed by atoms with Crippen molar-refractivity contribution in [1.82, 2.24) is 10.3 Å². The van der Waals surface area contributed by atoms with Crippen molar-refractivity contribution in [3.8, 4) is 0 Å². The summed E-state index contributed by atoms with van der Waals surface area (Å²) in [5, 5.41) is 3.59. The van der Waals surface area contributed by atoms with Gasteiger partial charge in [-0.15, -0.1) is 0 Å². The molecule has 0 aromatic carbocycles. The van der Waals surface area contributed by atoms with Crippen molar-refractivity contribution in [2.45, 2.75) is 32.6 Å². The molecule has 2 heteroatoms. The Labute approximate surface area is 98.5 Å². The second-order valence-electron chi connectivity index (χ2n) is 5.53. The van der Waals surface area contributed by atoms with Gasteiger partial charge in [0.1, 0.15) is 0 Å². The fraction of sp³-hybridized carbons (Fsp3) is 0.643. The van der Waals surface area contributed by atoms with Gasteiger partial charge in [-0.05, 0) is 36.4 Å². The molecule has 1 fully saturated rings. The summed E-state index contributed by atoms with van der Waals surface area (Å²) in [6.45, 7) is 9.04. The number of aromatic nitrogens is 1. The van der Waals surface area contributed by atoms with Gasteiger partial charge in [0.25, 0.3) is 0 Å². The molecule has 1 aliphatic rings. The maximum Gasteiger partial charge on any atom is 0.0306 e. The molecule has 1 aromatic rings. The molecule has 0 amide bonds.